The van der Waals surface area contributed by atoms with Crippen LogP contribution in [0.1, 0.15) is 89.2 Å². The number of fused-ring (bicyclic) bond motifs is 1. The van der Waals surface area contributed by atoms with Crippen molar-refractivity contribution in [2.75, 3.05) is 26.3 Å². The van der Waals surface area contributed by atoms with E-state index in [4.69, 9.17) is 9.47 Å². The normalized spacial score (nSPS) is 28.6. The van der Waals surface area contributed by atoms with E-state index in [9.17, 15) is 24.9 Å². The lowest BCUT2D eigenvalue weighted by molar-refractivity contribution is -0.135. The number of nitrogens with one attached hydrogen (secondary N) is 2. The molecule has 3 aromatic rings. The zero-order valence-electron chi connectivity index (χ0n) is 36.9. The van der Waals surface area contributed by atoms with Gasteiger partial charge in [-0.15, -0.1) is 0 Å². The number of phenols is 1. The topological polar surface area (TPSA) is 137 Å². The van der Waals surface area contributed by atoms with Gasteiger partial charge in [0.05, 0.1) is 17.2 Å². The predicted molar refractivity (Wildman–Crippen MR) is 244 cm³/mol. The molecule has 2 saturated heterocycles. The summed E-state index contributed by atoms with van der Waals surface area (Å²) in [5.41, 5.74) is 6.03. The Kier molecular flexibility index (Phi) is 12.9. The average Bonchev–Trinajstić information content (AvgIpc) is 3.78. The summed E-state index contributed by atoms with van der Waals surface area (Å²) >= 11 is 0. The molecule has 10 rings (SSSR count). The minimum absolute atomic E-state index is 0.0161. The Morgan fingerprint density at radius 2 is 1.70 bits per heavy atom. The third-order valence-electron chi connectivity index (χ3n) is 15.2. The second-order valence-corrected chi connectivity index (χ2v) is 19.4. The quantitative estimate of drug-likeness (QED) is 0.0707. The standard InChI is InChI=1S/C54H64N2O7/c1-33(2)10-9-25-55-47-30-37(22-26-56-47)38(32-58)15-20-45-43-19-18-42-41-21-24-54(50(42)49(43)52(60)62-45)46(29-35(23-27-57)28-34-11-5-3-6-12-34)63-53(61)51(54)48(41)44-31-39(59)16-17-40(44)36-13-7-4-8-14-36/h3-8,11-14,16-17,20,29,31,33,35,37-38,41-42,47,50,55-59H,9-10,15,18-19,21-28,30,32H2,1-2H3/b45-20-,46-29-/t35-,37-,38+,41-,42+,47+,50-,54-/m1/s1. The molecule has 1 spiro atoms. The van der Waals surface area contributed by atoms with E-state index < -0.39 is 11.4 Å². The first-order valence-electron chi connectivity index (χ1n) is 23.7. The van der Waals surface area contributed by atoms with E-state index in [-0.39, 0.29) is 60.7 Å². The minimum atomic E-state index is -0.939. The molecular formula is C54H64N2O7. The molecule has 3 fully saturated rings. The van der Waals surface area contributed by atoms with Crippen LogP contribution in [0.2, 0.25) is 0 Å². The number of piperidine rings is 1. The fraction of sp³-hybridized carbons (Fsp3) is 0.481. The average molecular weight is 853 g/mol. The molecule has 0 radical (unpaired) electrons. The van der Waals surface area contributed by atoms with Gasteiger partial charge < -0.3 is 35.4 Å². The monoisotopic (exact) mass is 852 g/mol. The van der Waals surface area contributed by atoms with E-state index in [0.717, 1.165) is 78.6 Å². The Morgan fingerprint density at radius 1 is 0.905 bits per heavy atom. The van der Waals surface area contributed by atoms with Crippen LogP contribution in [0, 0.1) is 46.8 Å². The van der Waals surface area contributed by atoms with Crippen LogP contribution in [0.5, 0.6) is 5.75 Å². The number of esters is 2. The number of benzene rings is 3. The highest BCUT2D eigenvalue weighted by Crippen LogP contribution is 2.72. The van der Waals surface area contributed by atoms with Gasteiger partial charge in [0, 0.05) is 30.3 Å². The van der Waals surface area contributed by atoms with Gasteiger partial charge in [-0.05, 0) is 171 Å². The lowest BCUT2D eigenvalue weighted by Gasteiger charge is -2.56. The van der Waals surface area contributed by atoms with Gasteiger partial charge in [0.25, 0.3) is 0 Å². The van der Waals surface area contributed by atoms with Crippen molar-refractivity contribution in [3.8, 4) is 16.9 Å². The van der Waals surface area contributed by atoms with Crippen molar-refractivity contribution in [3.05, 3.63) is 130 Å². The molecule has 63 heavy (non-hydrogen) atoms. The molecule has 4 aliphatic carbocycles. The number of hydrogen-bond donors (Lipinski definition) is 5. The third-order valence-corrected chi connectivity index (χ3v) is 15.2. The lowest BCUT2D eigenvalue weighted by atomic mass is 9.44. The largest absolute Gasteiger partial charge is 0.508 e. The van der Waals surface area contributed by atoms with Crippen LogP contribution in [0.4, 0.5) is 0 Å². The van der Waals surface area contributed by atoms with Gasteiger partial charge in [-0.2, -0.15) is 0 Å². The smallest absolute Gasteiger partial charge is 0.340 e. The fourth-order valence-corrected chi connectivity index (χ4v) is 12.4. The molecule has 3 aliphatic heterocycles. The first-order chi connectivity index (χ1) is 30.7. The van der Waals surface area contributed by atoms with Crippen LogP contribution in [-0.2, 0) is 25.5 Å². The van der Waals surface area contributed by atoms with Gasteiger partial charge in [-0.25, -0.2) is 9.59 Å². The number of aliphatic hydroxyl groups excluding tert-OH is 2. The van der Waals surface area contributed by atoms with Crippen LogP contribution in [-0.4, -0.2) is 59.7 Å². The number of carbonyl (C=O) groups is 2. The van der Waals surface area contributed by atoms with Crippen LogP contribution in [0.25, 0.3) is 16.7 Å². The molecule has 8 atom stereocenters. The second-order valence-electron chi connectivity index (χ2n) is 19.4. The summed E-state index contributed by atoms with van der Waals surface area (Å²) in [5, 5.41) is 39.5. The van der Waals surface area contributed by atoms with Gasteiger partial charge in [-0.3, -0.25) is 0 Å². The maximum Gasteiger partial charge on any atom is 0.340 e. The molecule has 0 amide bonds. The van der Waals surface area contributed by atoms with E-state index >= 15 is 0 Å². The van der Waals surface area contributed by atoms with Crippen molar-refractivity contribution >= 4 is 17.5 Å². The maximum atomic E-state index is 14.8. The van der Waals surface area contributed by atoms with Crippen LogP contribution in [0.3, 0.4) is 0 Å². The van der Waals surface area contributed by atoms with E-state index in [0.29, 0.717) is 66.6 Å². The molecule has 9 nitrogen and oxygen atoms in total. The number of rotatable bonds is 16. The van der Waals surface area contributed by atoms with Crippen molar-refractivity contribution in [2.45, 2.75) is 90.6 Å². The highest BCUT2D eigenvalue weighted by atomic mass is 16.6. The zero-order valence-corrected chi connectivity index (χ0v) is 36.9. The van der Waals surface area contributed by atoms with E-state index in [1.807, 2.05) is 42.5 Å². The number of allylic oxidation sites excluding steroid dienone is 5. The number of carbonyl (C=O) groups excluding carboxylic acids is 2. The summed E-state index contributed by atoms with van der Waals surface area (Å²) in [6.07, 6.45) is 13.2. The van der Waals surface area contributed by atoms with Crippen LogP contribution >= 0.6 is 0 Å². The number of aromatic hydroxyl groups is 1. The van der Waals surface area contributed by atoms with E-state index in [1.165, 1.54) is 6.42 Å². The number of phenolic OH excluding ortho intramolecular Hbond substituents is 1. The maximum absolute atomic E-state index is 14.8. The Labute approximate surface area is 372 Å². The van der Waals surface area contributed by atoms with E-state index in [1.54, 1.807) is 12.1 Å². The summed E-state index contributed by atoms with van der Waals surface area (Å²) in [6, 6.07) is 25.7. The number of ether oxygens (including phenoxy) is 2. The third kappa shape index (κ3) is 8.38. The molecule has 0 unspecified atom stereocenters. The number of cyclic esters (lactones) is 2. The Bertz CT molecular complexity index is 2300. The van der Waals surface area contributed by atoms with Gasteiger partial charge in [0.15, 0.2) is 0 Å². The van der Waals surface area contributed by atoms with Gasteiger partial charge in [0.2, 0.25) is 0 Å². The summed E-state index contributed by atoms with van der Waals surface area (Å²) in [5.74, 6) is 1.08. The van der Waals surface area contributed by atoms with E-state index in [2.05, 4.69) is 60.9 Å². The molecule has 332 valence electrons. The number of hydrogen-bond acceptors (Lipinski definition) is 9. The first-order valence-corrected chi connectivity index (χ1v) is 23.7. The van der Waals surface area contributed by atoms with Crippen molar-refractivity contribution in [1.82, 2.24) is 10.6 Å². The summed E-state index contributed by atoms with van der Waals surface area (Å²) in [7, 11) is 0. The van der Waals surface area contributed by atoms with Crippen LogP contribution in [0.15, 0.2) is 119 Å². The Morgan fingerprint density at radius 3 is 2.46 bits per heavy atom. The van der Waals surface area contributed by atoms with Crippen molar-refractivity contribution in [1.29, 1.82) is 0 Å². The SMILES string of the molecule is CC(C)CCCN[C@@H]1C[C@H]([C@H](CO)C/C=C2\OC(=O)C3=C2CC[C@H]2[C@H]4CC[C@]5(C(=C4c4cc(O)ccc4-c4ccccc4)C(=O)O/C5=C\[C@H](CCO)Cc4ccccc4)[C@@H]32)CCN1. The molecule has 3 aromatic carbocycles. The first kappa shape index (κ1) is 43.5. The molecule has 3 heterocycles. The second kappa shape index (κ2) is 18.7. The fourth-order valence-electron chi connectivity index (χ4n) is 12.4. The summed E-state index contributed by atoms with van der Waals surface area (Å²) < 4.78 is 12.8. The van der Waals surface area contributed by atoms with Crippen molar-refractivity contribution in [2.24, 2.45) is 46.8 Å². The lowest BCUT2D eigenvalue weighted by Crippen LogP contribution is -2.52. The summed E-state index contributed by atoms with van der Waals surface area (Å²) in [6.45, 7) is 6.42. The molecule has 1 saturated carbocycles. The zero-order chi connectivity index (χ0) is 43.7. The molecule has 5 N–H and O–H groups in total. The molecule has 2 bridgehead atoms. The predicted octanol–water partition coefficient (Wildman–Crippen LogP) is 9.02. The van der Waals surface area contributed by atoms with Gasteiger partial charge in [0.1, 0.15) is 17.3 Å². The Balaban J connectivity index is 1.11. The van der Waals surface area contributed by atoms with Crippen molar-refractivity contribution < 1.29 is 34.4 Å². The van der Waals surface area contributed by atoms with Gasteiger partial charge >= 0.3 is 11.9 Å². The molecule has 7 aliphatic rings. The molecule has 0 aromatic heterocycles. The van der Waals surface area contributed by atoms with Crippen molar-refractivity contribution in [3.63, 3.8) is 0 Å². The Hall–Kier alpha value is -4.80. The molecule has 9 heteroatoms. The highest BCUT2D eigenvalue weighted by molar-refractivity contribution is 6.07. The number of aliphatic hydroxyl groups is 2. The molecular weight excluding hydrogens is 789 g/mol. The minimum Gasteiger partial charge on any atom is -0.508 e. The van der Waals surface area contributed by atoms with Gasteiger partial charge in [-0.1, -0.05) is 80.6 Å². The van der Waals surface area contributed by atoms with Crippen LogP contribution < -0.4 is 10.6 Å². The summed E-state index contributed by atoms with van der Waals surface area (Å²) in [4.78, 5) is 29.3. The highest BCUT2D eigenvalue weighted by Gasteiger charge is 2.68.